The Balaban J connectivity index is 2.44. The molecule has 2 rings (SSSR count). The molecule has 0 aliphatic heterocycles. The minimum Gasteiger partial charge on any atom is -0.354 e. The van der Waals surface area contributed by atoms with Crippen molar-refractivity contribution in [3.63, 3.8) is 0 Å². The lowest BCUT2D eigenvalue weighted by molar-refractivity contribution is 0.763. The van der Waals surface area contributed by atoms with E-state index in [4.69, 9.17) is 0 Å². The van der Waals surface area contributed by atoms with Crippen LogP contribution in [0.1, 0.15) is 27.2 Å². The number of hydrogen-bond acceptors (Lipinski definition) is 6. The molecule has 0 radical (unpaired) electrons. The third kappa shape index (κ3) is 3.48. The van der Waals surface area contributed by atoms with Gasteiger partial charge in [-0.15, -0.1) is 0 Å². The zero-order valence-electron chi connectivity index (χ0n) is 13.2. The summed E-state index contributed by atoms with van der Waals surface area (Å²) in [5.41, 5.74) is 0.880. The molecular weight excluding hydrogens is 266 g/mol. The lowest BCUT2D eigenvalue weighted by Gasteiger charge is -2.19. The molecule has 0 atom stereocenters. The summed E-state index contributed by atoms with van der Waals surface area (Å²) in [4.78, 5) is 15.7. The van der Waals surface area contributed by atoms with Crippen LogP contribution in [0.4, 0.5) is 11.9 Å². The molecule has 2 aromatic rings. The van der Waals surface area contributed by atoms with E-state index in [2.05, 4.69) is 51.0 Å². The molecule has 0 aromatic carbocycles. The first-order valence-electron chi connectivity index (χ1n) is 7.42. The van der Waals surface area contributed by atoms with Crippen molar-refractivity contribution in [2.75, 3.05) is 29.9 Å². The molecule has 0 spiro atoms. The summed E-state index contributed by atoms with van der Waals surface area (Å²) in [5, 5.41) is 7.42. The van der Waals surface area contributed by atoms with Gasteiger partial charge in [0, 0.05) is 32.9 Å². The van der Waals surface area contributed by atoms with E-state index in [1.807, 2.05) is 13.1 Å². The molecule has 7 heteroatoms. The van der Waals surface area contributed by atoms with Crippen molar-refractivity contribution in [1.82, 2.24) is 24.7 Å². The van der Waals surface area contributed by atoms with Crippen LogP contribution in [0, 0.1) is 0 Å². The second-order valence-electron chi connectivity index (χ2n) is 4.72. The monoisotopic (exact) mass is 289 g/mol. The van der Waals surface area contributed by atoms with Crippen LogP contribution in [0.5, 0.6) is 0 Å². The quantitative estimate of drug-likeness (QED) is 0.840. The Morgan fingerprint density at radius 1 is 1.14 bits per heavy atom. The Morgan fingerprint density at radius 3 is 2.48 bits per heavy atom. The van der Waals surface area contributed by atoms with Crippen LogP contribution in [-0.4, -0.2) is 44.4 Å². The maximum absolute atomic E-state index is 4.59. The fourth-order valence-electron chi connectivity index (χ4n) is 2.04. The summed E-state index contributed by atoms with van der Waals surface area (Å²) in [6, 6.07) is 1.91. The highest BCUT2D eigenvalue weighted by Gasteiger charge is 2.14. The molecule has 0 unspecified atom stereocenters. The van der Waals surface area contributed by atoms with Crippen LogP contribution in [0.2, 0.25) is 0 Å². The van der Waals surface area contributed by atoms with Crippen LogP contribution in [0.3, 0.4) is 0 Å². The third-order valence-electron chi connectivity index (χ3n) is 3.25. The number of aryl methyl sites for hydroxylation is 1. The molecule has 0 bridgehead atoms. The predicted molar refractivity (Wildman–Crippen MR) is 84.4 cm³/mol. The van der Waals surface area contributed by atoms with Gasteiger partial charge in [-0.25, -0.2) is 0 Å². The van der Waals surface area contributed by atoms with Crippen molar-refractivity contribution in [3.05, 3.63) is 12.3 Å². The first-order chi connectivity index (χ1) is 10.2. The normalized spacial score (nSPS) is 10.7. The van der Waals surface area contributed by atoms with Crippen molar-refractivity contribution in [1.29, 1.82) is 0 Å². The molecule has 7 nitrogen and oxygen atoms in total. The number of nitrogens with zero attached hydrogens (tertiary/aromatic N) is 6. The number of nitrogens with one attached hydrogen (secondary N) is 1. The van der Waals surface area contributed by atoms with Gasteiger partial charge in [0.1, 0.15) is 5.69 Å². The molecule has 0 fully saturated rings. The molecule has 0 saturated carbocycles. The Morgan fingerprint density at radius 2 is 1.90 bits per heavy atom. The van der Waals surface area contributed by atoms with E-state index in [0.717, 1.165) is 31.7 Å². The van der Waals surface area contributed by atoms with Crippen molar-refractivity contribution >= 4 is 11.9 Å². The molecule has 2 aromatic heterocycles. The van der Waals surface area contributed by atoms with Gasteiger partial charge < -0.3 is 10.2 Å². The second kappa shape index (κ2) is 7.01. The molecule has 114 valence electrons. The van der Waals surface area contributed by atoms with E-state index >= 15 is 0 Å². The van der Waals surface area contributed by atoms with Crippen LogP contribution >= 0.6 is 0 Å². The summed E-state index contributed by atoms with van der Waals surface area (Å²) in [6.07, 6.45) is 2.77. The predicted octanol–water partition coefficient (Wildman–Crippen LogP) is 1.94. The van der Waals surface area contributed by atoms with Crippen molar-refractivity contribution < 1.29 is 0 Å². The largest absolute Gasteiger partial charge is 0.354 e. The first kappa shape index (κ1) is 15.2. The van der Waals surface area contributed by atoms with E-state index in [1.165, 1.54) is 0 Å². The molecule has 0 saturated heterocycles. The highest BCUT2D eigenvalue weighted by molar-refractivity contribution is 5.54. The van der Waals surface area contributed by atoms with E-state index in [9.17, 15) is 0 Å². The molecular formula is C14H23N7. The van der Waals surface area contributed by atoms with Gasteiger partial charge in [0.25, 0.3) is 0 Å². The Bertz CT molecular complexity index is 574. The van der Waals surface area contributed by atoms with Gasteiger partial charge in [0.2, 0.25) is 11.9 Å². The van der Waals surface area contributed by atoms with Crippen molar-refractivity contribution in [2.45, 2.75) is 27.2 Å². The molecule has 0 aliphatic carbocycles. The molecule has 1 N–H and O–H groups in total. The zero-order chi connectivity index (χ0) is 15.2. The summed E-state index contributed by atoms with van der Waals surface area (Å²) in [7, 11) is 1.88. The zero-order valence-corrected chi connectivity index (χ0v) is 13.2. The second-order valence-corrected chi connectivity index (χ2v) is 4.72. The van der Waals surface area contributed by atoms with Crippen LogP contribution in [-0.2, 0) is 7.05 Å². The number of aromatic nitrogens is 5. The average molecular weight is 289 g/mol. The summed E-state index contributed by atoms with van der Waals surface area (Å²) >= 11 is 0. The minimum absolute atomic E-state index is 0.616. The van der Waals surface area contributed by atoms with Crippen molar-refractivity contribution in [2.24, 2.45) is 7.05 Å². The van der Waals surface area contributed by atoms with Gasteiger partial charge in [-0.05, 0) is 26.3 Å². The maximum atomic E-state index is 4.59. The first-order valence-corrected chi connectivity index (χ1v) is 7.42. The summed E-state index contributed by atoms with van der Waals surface area (Å²) in [5.74, 6) is 1.96. The molecule has 21 heavy (non-hydrogen) atoms. The lowest BCUT2D eigenvalue weighted by Crippen LogP contribution is -2.25. The number of hydrogen-bond donors (Lipinski definition) is 1. The van der Waals surface area contributed by atoms with Gasteiger partial charge in [0.15, 0.2) is 5.82 Å². The summed E-state index contributed by atoms with van der Waals surface area (Å²) in [6.45, 7) is 8.86. The maximum Gasteiger partial charge on any atom is 0.230 e. The van der Waals surface area contributed by atoms with Crippen LogP contribution in [0.15, 0.2) is 12.3 Å². The fraction of sp³-hybridized carbons (Fsp3) is 0.571. The Hall–Kier alpha value is -2.18. The van der Waals surface area contributed by atoms with Gasteiger partial charge in [0.05, 0.1) is 0 Å². The topological polar surface area (TPSA) is 71.8 Å². The van der Waals surface area contributed by atoms with Gasteiger partial charge in [-0.2, -0.15) is 20.1 Å². The third-order valence-corrected chi connectivity index (χ3v) is 3.25. The van der Waals surface area contributed by atoms with Gasteiger partial charge in [-0.3, -0.25) is 4.68 Å². The van der Waals surface area contributed by atoms with Gasteiger partial charge >= 0.3 is 0 Å². The molecule has 0 aliphatic rings. The van der Waals surface area contributed by atoms with Crippen molar-refractivity contribution in [3.8, 4) is 11.5 Å². The van der Waals surface area contributed by atoms with Gasteiger partial charge in [-0.1, -0.05) is 6.92 Å². The molecule has 0 amide bonds. The van der Waals surface area contributed by atoms with Crippen LogP contribution in [0.25, 0.3) is 11.5 Å². The van der Waals surface area contributed by atoms with E-state index < -0.39 is 0 Å². The number of anilines is 2. The summed E-state index contributed by atoms with van der Waals surface area (Å²) < 4.78 is 1.77. The highest BCUT2D eigenvalue weighted by Crippen LogP contribution is 2.18. The molecule has 2 heterocycles. The minimum atomic E-state index is 0.616. The smallest absolute Gasteiger partial charge is 0.230 e. The Labute approximate surface area is 125 Å². The van der Waals surface area contributed by atoms with E-state index in [-0.39, 0.29) is 0 Å². The standard InChI is InChI=1S/C14H23N7/c1-5-9-15-13-17-12(11-8-10-16-20(11)4)18-14(19-13)21(6-2)7-3/h8,10H,5-7,9H2,1-4H3,(H,15,17,18,19). The van der Waals surface area contributed by atoms with E-state index in [1.54, 1.807) is 10.9 Å². The highest BCUT2D eigenvalue weighted by atomic mass is 15.3. The average Bonchev–Trinajstić information content (AvgIpc) is 2.92. The lowest BCUT2D eigenvalue weighted by atomic mass is 10.4. The number of rotatable bonds is 7. The fourth-order valence-corrected chi connectivity index (χ4v) is 2.04. The Kier molecular flexibility index (Phi) is 5.08. The van der Waals surface area contributed by atoms with Crippen LogP contribution < -0.4 is 10.2 Å². The SMILES string of the molecule is CCCNc1nc(-c2ccnn2C)nc(N(CC)CC)n1. The van der Waals surface area contributed by atoms with E-state index in [0.29, 0.717) is 17.7 Å².